The second-order valence-electron chi connectivity index (χ2n) is 4.78. The highest BCUT2D eigenvalue weighted by molar-refractivity contribution is 5.90. The number of aromatic nitrogens is 1. The number of rotatable bonds is 7. The highest BCUT2D eigenvalue weighted by Gasteiger charge is 2.24. The van der Waals surface area contributed by atoms with Gasteiger partial charge in [0, 0.05) is 35.9 Å². The molecule has 2 rings (SSSR count). The monoisotopic (exact) mass is 276 g/mol. The number of benzene rings is 1. The van der Waals surface area contributed by atoms with E-state index in [1.807, 2.05) is 31.2 Å². The Morgan fingerprint density at radius 3 is 2.90 bits per heavy atom. The van der Waals surface area contributed by atoms with Gasteiger partial charge in [0.15, 0.2) is 0 Å². The molecule has 0 saturated heterocycles. The van der Waals surface area contributed by atoms with Crippen LogP contribution in [0, 0.1) is 6.92 Å². The van der Waals surface area contributed by atoms with Crippen LogP contribution in [0.25, 0.3) is 10.9 Å². The zero-order valence-corrected chi connectivity index (χ0v) is 11.8. The average Bonchev–Trinajstić information content (AvgIpc) is 2.75. The molecule has 0 bridgehead atoms. The fourth-order valence-corrected chi connectivity index (χ4v) is 2.45. The van der Waals surface area contributed by atoms with Crippen molar-refractivity contribution in [3.63, 3.8) is 0 Å². The Bertz CT molecular complexity index is 592. The van der Waals surface area contributed by atoms with Crippen LogP contribution in [0.15, 0.2) is 24.3 Å². The number of H-pyrrole nitrogens is 1. The standard InChI is InChI=1S/C15H20N2O3/c1-10-13(11-6-3-4-7-12(11)17-10)14(15(18)19)16-8-5-9-20-2/h3-4,6-7,14,16-17H,5,8-9H2,1-2H3,(H,18,19)/t14-/m1/s1. The Balaban J connectivity index is 2.27. The number of para-hydroxylation sites is 1. The lowest BCUT2D eigenvalue weighted by molar-refractivity contribution is -0.139. The highest BCUT2D eigenvalue weighted by Crippen LogP contribution is 2.27. The van der Waals surface area contributed by atoms with Gasteiger partial charge in [-0.15, -0.1) is 0 Å². The molecule has 0 amide bonds. The summed E-state index contributed by atoms with van der Waals surface area (Å²) in [6, 6.07) is 7.05. The van der Waals surface area contributed by atoms with Crippen LogP contribution >= 0.6 is 0 Å². The van der Waals surface area contributed by atoms with E-state index in [1.165, 1.54) is 0 Å². The van der Waals surface area contributed by atoms with E-state index in [-0.39, 0.29) is 0 Å². The maximum absolute atomic E-state index is 11.5. The minimum absolute atomic E-state index is 0.601. The molecule has 0 aliphatic carbocycles. The van der Waals surface area contributed by atoms with Crippen LogP contribution in [-0.4, -0.2) is 36.3 Å². The van der Waals surface area contributed by atoms with Gasteiger partial charge in [0.05, 0.1) is 0 Å². The van der Waals surface area contributed by atoms with Crippen molar-refractivity contribution in [2.75, 3.05) is 20.3 Å². The molecule has 1 aromatic carbocycles. The quantitative estimate of drug-likeness (QED) is 0.678. The lowest BCUT2D eigenvalue weighted by Crippen LogP contribution is -2.30. The number of hydrogen-bond donors (Lipinski definition) is 3. The first-order valence-corrected chi connectivity index (χ1v) is 6.67. The Labute approximate surface area is 117 Å². The number of aromatic amines is 1. The largest absolute Gasteiger partial charge is 0.480 e. The molecule has 2 aromatic rings. The molecule has 0 spiro atoms. The number of methoxy groups -OCH3 is 1. The molecule has 0 radical (unpaired) electrons. The number of carboxylic acid groups (broad SMARTS) is 1. The lowest BCUT2D eigenvalue weighted by atomic mass is 10.0. The molecule has 0 fully saturated rings. The molecular formula is C15H20N2O3. The van der Waals surface area contributed by atoms with Crippen LogP contribution in [0.1, 0.15) is 23.7 Å². The predicted octanol–water partition coefficient (Wildman–Crippen LogP) is 2.23. The van der Waals surface area contributed by atoms with Gasteiger partial charge in [-0.1, -0.05) is 18.2 Å². The molecule has 1 atom stereocenters. The summed E-state index contributed by atoms with van der Waals surface area (Å²) in [5, 5.41) is 13.5. The highest BCUT2D eigenvalue weighted by atomic mass is 16.5. The number of fused-ring (bicyclic) bond motifs is 1. The molecule has 1 heterocycles. The van der Waals surface area contributed by atoms with Gasteiger partial charge >= 0.3 is 5.97 Å². The van der Waals surface area contributed by atoms with E-state index in [9.17, 15) is 9.90 Å². The van der Waals surface area contributed by atoms with Crippen molar-refractivity contribution in [2.24, 2.45) is 0 Å². The van der Waals surface area contributed by atoms with Crippen LogP contribution < -0.4 is 5.32 Å². The Morgan fingerprint density at radius 2 is 2.20 bits per heavy atom. The molecule has 108 valence electrons. The van der Waals surface area contributed by atoms with Crippen molar-refractivity contribution in [3.05, 3.63) is 35.5 Å². The second-order valence-corrected chi connectivity index (χ2v) is 4.78. The average molecular weight is 276 g/mol. The summed E-state index contributed by atoms with van der Waals surface area (Å²) >= 11 is 0. The van der Waals surface area contributed by atoms with E-state index in [1.54, 1.807) is 7.11 Å². The van der Waals surface area contributed by atoms with Crippen LogP contribution in [-0.2, 0) is 9.53 Å². The zero-order chi connectivity index (χ0) is 14.5. The third-order valence-electron chi connectivity index (χ3n) is 3.35. The van der Waals surface area contributed by atoms with Crippen molar-refractivity contribution in [1.82, 2.24) is 10.3 Å². The van der Waals surface area contributed by atoms with Gasteiger partial charge in [-0.3, -0.25) is 4.79 Å². The molecule has 0 aliphatic heterocycles. The number of hydrogen-bond acceptors (Lipinski definition) is 3. The molecule has 1 aromatic heterocycles. The summed E-state index contributed by atoms with van der Waals surface area (Å²) in [4.78, 5) is 14.8. The van der Waals surface area contributed by atoms with Gasteiger partial charge in [0.25, 0.3) is 0 Å². The predicted molar refractivity (Wildman–Crippen MR) is 77.9 cm³/mol. The van der Waals surface area contributed by atoms with Gasteiger partial charge in [-0.25, -0.2) is 0 Å². The van der Waals surface area contributed by atoms with Gasteiger partial charge in [0.1, 0.15) is 6.04 Å². The molecule has 20 heavy (non-hydrogen) atoms. The summed E-state index contributed by atoms with van der Waals surface area (Å²) in [5.41, 5.74) is 2.66. The first-order valence-electron chi connectivity index (χ1n) is 6.67. The fraction of sp³-hybridized carbons (Fsp3) is 0.400. The normalized spacial score (nSPS) is 12.7. The van der Waals surface area contributed by atoms with Crippen molar-refractivity contribution in [3.8, 4) is 0 Å². The molecular weight excluding hydrogens is 256 g/mol. The maximum Gasteiger partial charge on any atom is 0.325 e. The smallest absolute Gasteiger partial charge is 0.325 e. The summed E-state index contributed by atoms with van der Waals surface area (Å²) < 4.78 is 4.98. The van der Waals surface area contributed by atoms with Crippen molar-refractivity contribution >= 4 is 16.9 Å². The van der Waals surface area contributed by atoms with Gasteiger partial charge in [-0.2, -0.15) is 0 Å². The van der Waals surface area contributed by atoms with E-state index in [0.717, 1.165) is 28.6 Å². The minimum Gasteiger partial charge on any atom is -0.480 e. The third kappa shape index (κ3) is 3.00. The summed E-state index contributed by atoms with van der Waals surface area (Å²) in [7, 11) is 1.64. The summed E-state index contributed by atoms with van der Waals surface area (Å²) in [6.45, 7) is 3.12. The number of nitrogens with one attached hydrogen (secondary N) is 2. The van der Waals surface area contributed by atoms with Crippen LogP contribution in [0.3, 0.4) is 0 Å². The third-order valence-corrected chi connectivity index (χ3v) is 3.35. The second kappa shape index (κ2) is 6.54. The molecule has 0 unspecified atom stereocenters. The first-order chi connectivity index (χ1) is 9.65. The van der Waals surface area contributed by atoms with E-state index in [2.05, 4.69) is 10.3 Å². The van der Waals surface area contributed by atoms with E-state index in [4.69, 9.17) is 4.74 Å². The number of aryl methyl sites for hydroxylation is 1. The zero-order valence-electron chi connectivity index (χ0n) is 11.8. The number of ether oxygens (including phenoxy) is 1. The SMILES string of the molecule is COCCCN[C@@H](C(=O)O)c1c(C)[nH]c2ccccc12. The van der Waals surface area contributed by atoms with Gasteiger partial charge in [0.2, 0.25) is 0 Å². The van der Waals surface area contributed by atoms with Crippen LogP contribution in [0.4, 0.5) is 0 Å². The lowest BCUT2D eigenvalue weighted by Gasteiger charge is -2.15. The number of carboxylic acids is 1. The topological polar surface area (TPSA) is 74.3 Å². The Hall–Kier alpha value is -1.85. The van der Waals surface area contributed by atoms with E-state index in [0.29, 0.717) is 13.2 Å². The molecule has 0 saturated carbocycles. The van der Waals surface area contributed by atoms with E-state index < -0.39 is 12.0 Å². The van der Waals surface area contributed by atoms with Crippen molar-refractivity contribution < 1.29 is 14.6 Å². The molecule has 5 heteroatoms. The summed E-state index contributed by atoms with van der Waals surface area (Å²) in [5.74, 6) is -0.865. The van der Waals surface area contributed by atoms with Gasteiger partial charge < -0.3 is 20.1 Å². The molecule has 5 nitrogen and oxygen atoms in total. The van der Waals surface area contributed by atoms with Crippen LogP contribution in [0.2, 0.25) is 0 Å². The number of carbonyl (C=O) groups is 1. The van der Waals surface area contributed by atoms with Crippen LogP contribution in [0.5, 0.6) is 0 Å². The fourth-order valence-electron chi connectivity index (χ4n) is 2.45. The van der Waals surface area contributed by atoms with Gasteiger partial charge in [-0.05, 0) is 26.0 Å². The van der Waals surface area contributed by atoms with E-state index >= 15 is 0 Å². The minimum atomic E-state index is -0.865. The summed E-state index contributed by atoms with van der Waals surface area (Å²) in [6.07, 6.45) is 0.779. The Kier molecular flexibility index (Phi) is 4.76. The number of aliphatic carboxylic acids is 1. The van der Waals surface area contributed by atoms with Crippen molar-refractivity contribution in [1.29, 1.82) is 0 Å². The molecule has 3 N–H and O–H groups in total. The first kappa shape index (κ1) is 14.6. The maximum atomic E-state index is 11.5. The van der Waals surface area contributed by atoms with Crippen molar-refractivity contribution in [2.45, 2.75) is 19.4 Å². The Morgan fingerprint density at radius 1 is 1.45 bits per heavy atom. The molecule has 0 aliphatic rings.